The summed E-state index contributed by atoms with van der Waals surface area (Å²) in [4.78, 5) is 0.253. The molecule has 1 aromatic carbocycles. The highest BCUT2D eigenvalue weighted by Gasteiger charge is 2.20. The minimum Gasteiger partial charge on any atom is -0.393 e. The summed E-state index contributed by atoms with van der Waals surface area (Å²) in [5.74, 6) is 0. The Labute approximate surface area is 122 Å². The Balaban J connectivity index is 2.88. The van der Waals surface area contributed by atoms with Crippen LogP contribution in [-0.4, -0.2) is 25.7 Å². The molecule has 114 valence electrons. The van der Waals surface area contributed by atoms with Gasteiger partial charge in [0, 0.05) is 6.04 Å². The lowest BCUT2D eigenvalue weighted by molar-refractivity contribution is 0.175. The normalized spacial score (nSPS) is 15.9. The summed E-state index contributed by atoms with van der Waals surface area (Å²) in [6, 6.07) is 6.62. The summed E-state index contributed by atoms with van der Waals surface area (Å²) in [6.07, 6.45) is -0.143. The number of nitrogens with one attached hydrogen (secondary N) is 1. The van der Waals surface area contributed by atoms with Gasteiger partial charge in [-0.2, -0.15) is 0 Å². The number of rotatable bonds is 5. The van der Waals surface area contributed by atoms with E-state index < -0.39 is 16.1 Å². The van der Waals surface area contributed by atoms with Crippen LogP contribution in [0.1, 0.15) is 46.6 Å². The molecule has 0 aromatic heterocycles. The van der Waals surface area contributed by atoms with Crippen molar-refractivity contribution in [3.05, 3.63) is 29.8 Å². The van der Waals surface area contributed by atoms with Crippen molar-refractivity contribution in [2.24, 2.45) is 0 Å². The first-order valence-corrected chi connectivity index (χ1v) is 8.31. The molecule has 0 saturated heterocycles. The molecule has 1 rings (SSSR count). The zero-order valence-electron chi connectivity index (χ0n) is 12.8. The lowest BCUT2D eigenvalue weighted by Crippen LogP contribution is -2.34. The van der Waals surface area contributed by atoms with Gasteiger partial charge in [0.25, 0.3) is 0 Å². The summed E-state index contributed by atoms with van der Waals surface area (Å²) in [7, 11) is -3.53. The van der Waals surface area contributed by atoms with E-state index in [0.29, 0.717) is 6.42 Å². The van der Waals surface area contributed by atoms with Gasteiger partial charge in [-0.15, -0.1) is 0 Å². The molecule has 0 aliphatic rings. The van der Waals surface area contributed by atoms with Crippen LogP contribution >= 0.6 is 0 Å². The summed E-state index contributed by atoms with van der Waals surface area (Å²) < 4.78 is 27.0. The Morgan fingerprint density at radius 1 is 1.15 bits per heavy atom. The molecule has 0 heterocycles. The molecule has 4 nitrogen and oxygen atoms in total. The predicted molar refractivity (Wildman–Crippen MR) is 81.2 cm³/mol. The van der Waals surface area contributed by atoms with E-state index in [1.165, 1.54) is 0 Å². The van der Waals surface area contributed by atoms with Crippen LogP contribution in [0.4, 0.5) is 0 Å². The van der Waals surface area contributed by atoms with E-state index in [9.17, 15) is 13.5 Å². The molecular weight excluding hydrogens is 274 g/mol. The number of sulfonamides is 1. The second-order valence-corrected chi connectivity index (χ2v) is 8.10. The SMILES string of the molecule is CC(O)CC(C)NS(=O)(=O)c1ccc(C(C)(C)C)cc1. The smallest absolute Gasteiger partial charge is 0.240 e. The van der Waals surface area contributed by atoms with E-state index >= 15 is 0 Å². The van der Waals surface area contributed by atoms with E-state index in [4.69, 9.17) is 0 Å². The summed E-state index contributed by atoms with van der Waals surface area (Å²) in [6.45, 7) is 9.63. The van der Waals surface area contributed by atoms with Gasteiger partial charge in [0.2, 0.25) is 10.0 Å². The van der Waals surface area contributed by atoms with Gasteiger partial charge in [-0.25, -0.2) is 13.1 Å². The van der Waals surface area contributed by atoms with Crippen LogP contribution in [0.5, 0.6) is 0 Å². The molecule has 0 radical (unpaired) electrons. The van der Waals surface area contributed by atoms with Gasteiger partial charge in [-0.3, -0.25) is 0 Å². The first-order chi connectivity index (χ1) is 9.02. The lowest BCUT2D eigenvalue weighted by Gasteiger charge is -2.20. The highest BCUT2D eigenvalue weighted by Crippen LogP contribution is 2.23. The Morgan fingerprint density at radius 3 is 2.05 bits per heavy atom. The molecule has 0 amide bonds. The summed E-state index contributed by atoms with van der Waals surface area (Å²) in [5.41, 5.74) is 1.09. The number of aliphatic hydroxyl groups excluding tert-OH is 1. The summed E-state index contributed by atoms with van der Waals surface area (Å²) >= 11 is 0. The Bertz CT molecular complexity index is 527. The molecule has 2 unspecified atom stereocenters. The maximum atomic E-state index is 12.2. The first-order valence-electron chi connectivity index (χ1n) is 6.83. The van der Waals surface area contributed by atoms with Crippen molar-refractivity contribution in [3.8, 4) is 0 Å². The van der Waals surface area contributed by atoms with E-state index in [2.05, 4.69) is 25.5 Å². The third kappa shape index (κ3) is 4.89. The van der Waals surface area contributed by atoms with Crippen molar-refractivity contribution in [2.75, 3.05) is 0 Å². The lowest BCUT2D eigenvalue weighted by atomic mass is 9.87. The Kier molecular flexibility index (Phi) is 5.35. The topological polar surface area (TPSA) is 66.4 Å². The number of aliphatic hydroxyl groups is 1. The third-order valence-corrected chi connectivity index (χ3v) is 4.69. The van der Waals surface area contributed by atoms with Crippen LogP contribution in [0.3, 0.4) is 0 Å². The Morgan fingerprint density at radius 2 is 1.65 bits per heavy atom. The van der Waals surface area contributed by atoms with Gasteiger partial charge in [-0.1, -0.05) is 32.9 Å². The van der Waals surface area contributed by atoms with Gasteiger partial charge in [0.05, 0.1) is 11.0 Å². The molecule has 0 saturated carbocycles. The molecule has 0 aliphatic carbocycles. The highest BCUT2D eigenvalue weighted by atomic mass is 32.2. The standard InChI is InChI=1S/C15H25NO3S/c1-11(10-12(2)17)16-20(18,19)14-8-6-13(7-9-14)15(3,4)5/h6-9,11-12,16-17H,10H2,1-5H3. The zero-order chi connectivity index (χ0) is 15.6. The molecule has 1 aromatic rings. The second kappa shape index (κ2) is 6.24. The van der Waals surface area contributed by atoms with Crippen LogP contribution < -0.4 is 4.72 Å². The number of hydrogen-bond acceptors (Lipinski definition) is 3. The van der Waals surface area contributed by atoms with Gasteiger partial charge in [0.1, 0.15) is 0 Å². The monoisotopic (exact) mass is 299 g/mol. The van der Waals surface area contributed by atoms with Crippen LogP contribution in [0.2, 0.25) is 0 Å². The zero-order valence-corrected chi connectivity index (χ0v) is 13.7. The van der Waals surface area contributed by atoms with Crippen LogP contribution in [0, 0.1) is 0 Å². The molecular formula is C15H25NO3S. The van der Waals surface area contributed by atoms with Crippen LogP contribution in [-0.2, 0) is 15.4 Å². The molecule has 0 bridgehead atoms. The van der Waals surface area contributed by atoms with Crippen molar-refractivity contribution in [2.45, 2.75) is 63.5 Å². The molecule has 0 aliphatic heterocycles. The van der Waals surface area contributed by atoms with Crippen molar-refractivity contribution in [3.63, 3.8) is 0 Å². The van der Waals surface area contributed by atoms with Gasteiger partial charge >= 0.3 is 0 Å². The fourth-order valence-corrected chi connectivity index (χ4v) is 3.28. The van der Waals surface area contributed by atoms with E-state index in [-0.39, 0.29) is 16.4 Å². The Hall–Kier alpha value is -0.910. The number of benzene rings is 1. The maximum absolute atomic E-state index is 12.2. The van der Waals surface area contributed by atoms with Crippen molar-refractivity contribution < 1.29 is 13.5 Å². The van der Waals surface area contributed by atoms with Gasteiger partial charge in [0.15, 0.2) is 0 Å². The average Bonchev–Trinajstić information content (AvgIpc) is 2.26. The average molecular weight is 299 g/mol. The first kappa shape index (κ1) is 17.1. The number of hydrogen-bond donors (Lipinski definition) is 2. The molecule has 0 fully saturated rings. The maximum Gasteiger partial charge on any atom is 0.240 e. The van der Waals surface area contributed by atoms with E-state index in [1.54, 1.807) is 26.0 Å². The van der Waals surface area contributed by atoms with E-state index in [1.807, 2.05) is 12.1 Å². The van der Waals surface area contributed by atoms with Crippen molar-refractivity contribution in [1.82, 2.24) is 4.72 Å². The van der Waals surface area contributed by atoms with Crippen molar-refractivity contribution in [1.29, 1.82) is 0 Å². The minimum atomic E-state index is -3.53. The predicted octanol–water partition coefficient (Wildman–Crippen LogP) is 2.42. The quantitative estimate of drug-likeness (QED) is 0.877. The van der Waals surface area contributed by atoms with Gasteiger partial charge < -0.3 is 5.11 Å². The fraction of sp³-hybridized carbons (Fsp3) is 0.600. The minimum absolute atomic E-state index is 0.00463. The molecule has 2 N–H and O–H groups in total. The molecule has 20 heavy (non-hydrogen) atoms. The third-order valence-electron chi connectivity index (χ3n) is 3.08. The fourth-order valence-electron chi connectivity index (χ4n) is 2.03. The molecule has 0 spiro atoms. The largest absolute Gasteiger partial charge is 0.393 e. The van der Waals surface area contributed by atoms with Crippen molar-refractivity contribution >= 4 is 10.0 Å². The second-order valence-electron chi connectivity index (χ2n) is 6.38. The van der Waals surface area contributed by atoms with Crippen LogP contribution in [0.15, 0.2) is 29.2 Å². The van der Waals surface area contributed by atoms with Crippen LogP contribution in [0.25, 0.3) is 0 Å². The highest BCUT2D eigenvalue weighted by molar-refractivity contribution is 7.89. The van der Waals surface area contributed by atoms with Gasteiger partial charge in [-0.05, 0) is 43.4 Å². The molecule has 2 atom stereocenters. The summed E-state index contributed by atoms with van der Waals surface area (Å²) in [5, 5.41) is 9.28. The van der Waals surface area contributed by atoms with E-state index in [0.717, 1.165) is 5.56 Å². The molecule has 5 heteroatoms.